The Kier molecular flexibility index (Phi) is 3.50. The van der Waals surface area contributed by atoms with Gasteiger partial charge in [-0.3, -0.25) is 5.84 Å². The third-order valence-electron chi connectivity index (χ3n) is 2.66. The van der Waals surface area contributed by atoms with Crippen LogP contribution in [0.15, 0.2) is 24.5 Å². The molecule has 2 aromatic heterocycles. The fraction of sp³-hybridized carbons (Fsp3) is 0.250. The zero-order valence-corrected chi connectivity index (χ0v) is 10.4. The topological polar surface area (TPSA) is 103 Å². The summed E-state index contributed by atoms with van der Waals surface area (Å²) in [6.07, 6.45) is 3.42. The van der Waals surface area contributed by atoms with E-state index >= 15 is 0 Å². The van der Waals surface area contributed by atoms with E-state index in [0.29, 0.717) is 11.6 Å². The van der Waals surface area contributed by atoms with Gasteiger partial charge in [-0.25, -0.2) is 20.4 Å². The maximum atomic E-state index is 5.89. The molecular weight excluding hydrogens is 228 g/mol. The standard InChI is InChI=1S/C12H16N6/c1-7-5-9(12(13)16-6-7)11(18-14)10-3-4-15-8(2)17-10/h3-6,11,18H,14H2,1-2H3,(H2,13,16). The number of nitrogens with zero attached hydrogens (tertiary/aromatic N) is 3. The SMILES string of the molecule is Cc1cnc(N)c(C(NN)c2ccnc(C)n2)c1. The molecule has 2 aromatic rings. The predicted octanol–water partition coefficient (Wildman–Crippen LogP) is 0.623. The third kappa shape index (κ3) is 2.44. The van der Waals surface area contributed by atoms with Gasteiger partial charge in [0.05, 0.1) is 11.7 Å². The van der Waals surface area contributed by atoms with Gasteiger partial charge in [0.25, 0.3) is 0 Å². The van der Waals surface area contributed by atoms with E-state index in [1.807, 2.05) is 19.9 Å². The number of aromatic nitrogens is 3. The number of nitrogen functional groups attached to an aromatic ring is 1. The van der Waals surface area contributed by atoms with Crippen LogP contribution in [0.1, 0.15) is 28.7 Å². The average molecular weight is 244 g/mol. The normalized spacial score (nSPS) is 12.4. The maximum Gasteiger partial charge on any atom is 0.128 e. The van der Waals surface area contributed by atoms with Crippen molar-refractivity contribution in [1.82, 2.24) is 20.4 Å². The highest BCUT2D eigenvalue weighted by atomic mass is 15.2. The molecular formula is C12H16N6. The fourth-order valence-electron chi connectivity index (χ4n) is 1.80. The molecule has 0 aliphatic carbocycles. The number of rotatable bonds is 3. The Morgan fingerprint density at radius 2 is 2.06 bits per heavy atom. The number of pyridine rings is 1. The van der Waals surface area contributed by atoms with Crippen LogP contribution in [0, 0.1) is 13.8 Å². The number of anilines is 1. The molecule has 1 atom stereocenters. The van der Waals surface area contributed by atoms with Crippen molar-refractivity contribution in [2.24, 2.45) is 5.84 Å². The van der Waals surface area contributed by atoms with Crippen molar-refractivity contribution in [3.63, 3.8) is 0 Å². The van der Waals surface area contributed by atoms with E-state index in [2.05, 4.69) is 20.4 Å². The molecule has 0 saturated carbocycles. The summed E-state index contributed by atoms with van der Waals surface area (Å²) in [5, 5.41) is 0. The Labute approximate surface area is 105 Å². The number of hydrogen-bond donors (Lipinski definition) is 3. The molecule has 0 aliphatic rings. The molecule has 6 nitrogen and oxygen atoms in total. The molecule has 94 valence electrons. The second-order valence-electron chi connectivity index (χ2n) is 4.12. The Morgan fingerprint density at radius 1 is 1.28 bits per heavy atom. The molecule has 0 spiro atoms. The molecule has 0 fully saturated rings. The van der Waals surface area contributed by atoms with E-state index in [-0.39, 0.29) is 6.04 Å². The van der Waals surface area contributed by atoms with Crippen molar-refractivity contribution in [2.75, 3.05) is 5.73 Å². The zero-order valence-electron chi connectivity index (χ0n) is 10.4. The average Bonchev–Trinajstić information content (AvgIpc) is 2.35. The number of aryl methyl sites for hydroxylation is 2. The van der Waals surface area contributed by atoms with Crippen molar-refractivity contribution in [3.05, 3.63) is 47.2 Å². The van der Waals surface area contributed by atoms with Crippen molar-refractivity contribution in [2.45, 2.75) is 19.9 Å². The fourth-order valence-corrected chi connectivity index (χ4v) is 1.80. The Hall–Kier alpha value is -2.05. The summed E-state index contributed by atoms with van der Waals surface area (Å²) in [5.41, 5.74) is 11.2. The minimum absolute atomic E-state index is 0.293. The summed E-state index contributed by atoms with van der Waals surface area (Å²) in [7, 11) is 0. The van der Waals surface area contributed by atoms with E-state index in [0.717, 1.165) is 16.8 Å². The van der Waals surface area contributed by atoms with Crippen LogP contribution >= 0.6 is 0 Å². The lowest BCUT2D eigenvalue weighted by Crippen LogP contribution is -2.30. The van der Waals surface area contributed by atoms with Gasteiger partial charge >= 0.3 is 0 Å². The van der Waals surface area contributed by atoms with Crippen LogP contribution in [0.5, 0.6) is 0 Å². The lowest BCUT2D eigenvalue weighted by molar-refractivity contribution is 0.616. The van der Waals surface area contributed by atoms with E-state index in [9.17, 15) is 0 Å². The van der Waals surface area contributed by atoms with Gasteiger partial charge in [-0.2, -0.15) is 0 Å². The summed E-state index contributed by atoms with van der Waals surface area (Å²) in [5.74, 6) is 6.74. The van der Waals surface area contributed by atoms with Gasteiger partial charge in [-0.05, 0) is 31.5 Å². The molecule has 6 heteroatoms. The van der Waals surface area contributed by atoms with Crippen molar-refractivity contribution >= 4 is 5.82 Å². The van der Waals surface area contributed by atoms with Crippen LogP contribution < -0.4 is 17.0 Å². The number of hydrazine groups is 1. The summed E-state index contributed by atoms with van der Waals surface area (Å²) in [6.45, 7) is 3.78. The quantitative estimate of drug-likeness (QED) is 0.540. The van der Waals surface area contributed by atoms with Gasteiger partial charge in [0, 0.05) is 18.0 Å². The first-order chi connectivity index (χ1) is 8.61. The molecule has 0 aliphatic heterocycles. The van der Waals surface area contributed by atoms with Crippen LogP contribution in [0.4, 0.5) is 5.82 Å². The van der Waals surface area contributed by atoms with Crippen LogP contribution in [0.25, 0.3) is 0 Å². The molecule has 2 heterocycles. The number of hydrogen-bond acceptors (Lipinski definition) is 6. The van der Waals surface area contributed by atoms with Crippen molar-refractivity contribution in [1.29, 1.82) is 0 Å². The summed E-state index contributed by atoms with van der Waals surface area (Å²) >= 11 is 0. The van der Waals surface area contributed by atoms with Crippen molar-refractivity contribution < 1.29 is 0 Å². The summed E-state index contributed by atoms with van der Waals surface area (Å²) in [6, 6.07) is 3.46. The van der Waals surface area contributed by atoms with Gasteiger partial charge in [0.2, 0.25) is 0 Å². The van der Waals surface area contributed by atoms with E-state index in [4.69, 9.17) is 11.6 Å². The van der Waals surface area contributed by atoms with Crippen LogP contribution in [0.2, 0.25) is 0 Å². The summed E-state index contributed by atoms with van der Waals surface area (Å²) in [4.78, 5) is 12.6. The molecule has 5 N–H and O–H groups in total. The van der Waals surface area contributed by atoms with E-state index in [1.54, 1.807) is 18.5 Å². The lowest BCUT2D eigenvalue weighted by atomic mass is 10.0. The second kappa shape index (κ2) is 5.07. The van der Waals surface area contributed by atoms with Gasteiger partial charge in [0.1, 0.15) is 11.6 Å². The molecule has 0 bridgehead atoms. The van der Waals surface area contributed by atoms with Gasteiger partial charge in [0.15, 0.2) is 0 Å². The predicted molar refractivity (Wildman–Crippen MR) is 69.3 cm³/mol. The Bertz CT molecular complexity index is 554. The molecule has 0 aromatic carbocycles. The smallest absolute Gasteiger partial charge is 0.128 e. The van der Waals surface area contributed by atoms with Crippen molar-refractivity contribution in [3.8, 4) is 0 Å². The highest BCUT2D eigenvalue weighted by Gasteiger charge is 2.17. The highest BCUT2D eigenvalue weighted by Crippen LogP contribution is 2.24. The van der Waals surface area contributed by atoms with Crippen LogP contribution in [-0.2, 0) is 0 Å². The summed E-state index contributed by atoms with van der Waals surface area (Å²) < 4.78 is 0. The maximum absolute atomic E-state index is 5.89. The number of nitrogens with one attached hydrogen (secondary N) is 1. The first-order valence-electron chi connectivity index (χ1n) is 5.59. The first-order valence-corrected chi connectivity index (χ1v) is 5.59. The lowest BCUT2D eigenvalue weighted by Gasteiger charge is -2.17. The van der Waals surface area contributed by atoms with Crippen LogP contribution in [0.3, 0.4) is 0 Å². The highest BCUT2D eigenvalue weighted by molar-refractivity contribution is 5.45. The van der Waals surface area contributed by atoms with E-state index in [1.165, 1.54) is 0 Å². The largest absolute Gasteiger partial charge is 0.383 e. The second-order valence-corrected chi connectivity index (χ2v) is 4.12. The Balaban J connectivity index is 2.48. The molecule has 1 unspecified atom stereocenters. The molecule has 0 radical (unpaired) electrons. The molecule has 0 saturated heterocycles. The van der Waals surface area contributed by atoms with Gasteiger partial charge in [-0.1, -0.05) is 0 Å². The molecule has 2 rings (SSSR count). The monoisotopic (exact) mass is 244 g/mol. The Morgan fingerprint density at radius 3 is 2.72 bits per heavy atom. The number of nitrogens with two attached hydrogens (primary N) is 2. The van der Waals surface area contributed by atoms with Crippen LogP contribution in [-0.4, -0.2) is 15.0 Å². The minimum atomic E-state index is -0.293. The molecule has 18 heavy (non-hydrogen) atoms. The third-order valence-corrected chi connectivity index (χ3v) is 2.66. The van der Waals surface area contributed by atoms with Gasteiger partial charge < -0.3 is 5.73 Å². The van der Waals surface area contributed by atoms with E-state index < -0.39 is 0 Å². The first kappa shape index (κ1) is 12.4. The zero-order chi connectivity index (χ0) is 13.1. The molecule has 0 amide bonds. The minimum Gasteiger partial charge on any atom is -0.383 e. The van der Waals surface area contributed by atoms with Gasteiger partial charge in [-0.15, -0.1) is 0 Å².